The first-order chi connectivity index (χ1) is 13.1. The second kappa shape index (κ2) is 8.42. The Morgan fingerprint density at radius 2 is 1.81 bits per heavy atom. The predicted molar refractivity (Wildman–Crippen MR) is 102 cm³/mol. The fraction of sp³-hybridized carbons (Fsp3) is 0.100. The fourth-order valence-electron chi connectivity index (χ4n) is 2.44. The van der Waals surface area contributed by atoms with Crippen molar-refractivity contribution in [2.24, 2.45) is 0 Å². The minimum Gasteiger partial charge on any atom is -0.503 e. The van der Waals surface area contributed by atoms with E-state index >= 15 is 0 Å². The number of aromatic nitrogens is 2. The highest BCUT2D eigenvalue weighted by atomic mass is 35.5. The summed E-state index contributed by atoms with van der Waals surface area (Å²) in [5, 5.41) is 5.05. The highest BCUT2D eigenvalue weighted by molar-refractivity contribution is 6.30. The molecule has 7 heteroatoms. The van der Waals surface area contributed by atoms with Gasteiger partial charge in [0.25, 0.3) is 0 Å². The van der Waals surface area contributed by atoms with Crippen LogP contribution in [0.2, 0.25) is 5.02 Å². The van der Waals surface area contributed by atoms with Gasteiger partial charge in [0.1, 0.15) is 11.3 Å². The van der Waals surface area contributed by atoms with Gasteiger partial charge < -0.3 is 14.2 Å². The summed E-state index contributed by atoms with van der Waals surface area (Å²) in [6, 6.07) is 16.1. The lowest BCUT2D eigenvalue weighted by Gasteiger charge is -2.11. The van der Waals surface area contributed by atoms with Gasteiger partial charge in [-0.15, -0.1) is 5.10 Å². The van der Waals surface area contributed by atoms with Crippen LogP contribution in [0.1, 0.15) is 5.56 Å². The number of carbonyl (C=O) groups excluding carboxylic acids is 1. The molecule has 3 aromatic rings. The first-order valence-electron chi connectivity index (χ1n) is 8.02. The molecule has 27 heavy (non-hydrogen) atoms. The molecule has 3 rings (SSSR count). The maximum absolute atomic E-state index is 12.1. The smallest absolute Gasteiger partial charge is 0.341 e. The second-order valence-electron chi connectivity index (χ2n) is 5.43. The van der Waals surface area contributed by atoms with E-state index in [-0.39, 0.29) is 5.57 Å². The Bertz CT molecular complexity index is 964. The van der Waals surface area contributed by atoms with Gasteiger partial charge in [0, 0.05) is 22.8 Å². The molecule has 0 N–H and O–H groups in total. The van der Waals surface area contributed by atoms with Gasteiger partial charge in [-0.3, -0.25) is 0 Å². The van der Waals surface area contributed by atoms with Crippen molar-refractivity contribution in [1.82, 2.24) is 9.78 Å². The van der Waals surface area contributed by atoms with Gasteiger partial charge in [-0.2, -0.15) is 0 Å². The lowest BCUT2D eigenvalue weighted by atomic mass is 10.1. The number of hydrogen-bond acceptors (Lipinski definition) is 5. The topological polar surface area (TPSA) is 62.6 Å². The van der Waals surface area contributed by atoms with Crippen LogP contribution in [0.15, 0.2) is 67.1 Å². The Kier molecular flexibility index (Phi) is 5.78. The van der Waals surface area contributed by atoms with Crippen LogP contribution in [0.4, 0.5) is 0 Å². The lowest BCUT2D eigenvalue weighted by Crippen LogP contribution is -2.06. The van der Waals surface area contributed by atoms with Gasteiger partial charge in [-0.1, -0.05) is 29.8 Å². The predicted octanol–water partition coefficient (Wildman–Crippen LogP) is 4.48. The average molecular weight is 385 g/mol. The number of halogens is 1. The van der Waals surface area contributed by atoms with Crippen LogP contribution in [0.5, 0.6) is 11.6 Å². The van der Waals surface area contributed by atoms with E-state index in [1.807, 2.05) is 12.1 Å². The minimum atomic E-state index is -0.528. The molecule has 138 valence electrons. The number of methoxy groups -OCH3 is 2. The summed E-state index contributed by atoms with van der Waals surface area (Å²) < 4.78 is 17.4. The molecule has 0 aliphatic rings. The van der Waals surface area contributed by atoms with E-state index in [1.54, 1.807) is 53.3 Å². The number of rotatable bonds is 6. The maximum Gasteiger partial charge on any atom is 0.341 e. The van der Waals surface area contributed by atoms with Crippen LogP contribution in [0.25, 0.3) is 11.3 Å². The Labute approximate surface area is 161 Å². The molecule has 0 spiro atoms. The third-order valence-corrected chi connectivity index (χ3v) is 3.94. The van der Waals surface area contributed by atoms with Gasteiger partial charge in [-0.05, 0) is 30.3 Å². The van der Waals surface area contributed by atoms with Crippen LogP contribution in [-0.4, -0.2) is 30.0 Å². The molecule has 0 aliphatic heterocycles. The van der Waals surface area contributed by atoms with E-state index in [0.29, 0.717) is 22.2 Å². The van der Waals surface area contributed by atoms with Gasteiger partial charge in [-0.25, -0.2) is 9.48 Å². The van der Waals surface area contributed by atoms with Gasteiger partial charge >= 0.3 is 5.97 Å². The van der Waals surface area contributed by atoms with E-state index in [2.05, 4.69) is 5.10 Å². The van der Waals surface area contributed by atoms with Crippen molar-refractivity contribution < 1.29 is 19.0 Å². The molecule has 0 fully saturated rings. The summed E-state index contributed by atoms with van der Waals surface area (Å²) in [5.74, 6) is 0.297. The summed E-state index contributed by atoms with van der Waals surface area (Å²) in [4.78, 5) is 12.1. The largest absolute Gasteiger partial charge is 0.503 e. The molecule has 0 saturated carbocycles. The van der Waals surface area contributed by atoms with Crippen molar-refractivity contribution in [1.29, 1.82) is 0 Å². The molecular formula is C20H17ClN2O4. The number of hydrogen-bond donors (Lipinski definition) is 0. The third-order valence-electron chi connectivity index (χ3n) is 3.69. The first-order valence-corrected chi connectivity index (χ1v) is 8.40. The summed E-state index contributed by atoms with van der Waals surface area (Å²) in [5.41, 5.74) is 1.62. The Morgan fingerprint density at radius 1 is 1.07 bits per heavy atom. The molecule has 1 aromatic heterocycles. The zero-order valence-electron chi connectivity index (χ0n) is 14.8. The number of para-hydroxylation sites is 1. The molecular weight excluding hydrogens is 368 g/mol. The molecule has 6 nitrogen and oxygen atoms in total. The van der Waals surface area contributed by atoms with Crippen molar-refractivity contribution in [2.75, 3.05) is 14.2 Å². The molecule has 0 bridgehead atoms. The van der Waals surface area contributed by atoms with Gasteiger partial charge in [0.05, 0.1) is 26.2 Å². The summed E-state index contributed by atoms with van der Waals surface area (Å²) in [7, 11) is 2.77. The highest BCUT2D eigenvalue weighted by Gasteiger charge is 2.18. The van der Waals surface area contributed by atoms with E-state index in [9.17, 15) is 4.79 Å². The molecule has 2 aromatic carbocycles. The Hall–Kier alpha value is -3.25. The lowest BCUT2D eigenvalue weighted by molar-refractivity contribution is -0.133. The van der Waals surface area contributed by atoms with E-state index in [0.717, 1.165) is 5.69 Å². The zero-order chi connectivity index (χ0) is 19.2. The SMILES string of the molecule is CO/C=C(/C(=O)OC)c1ccccc1Oc1ccn(-c2ccc(Cl)cc2)n1. The van der Waals surface area contributed by atoms with Crippen LogP contribution in [-0.2, 0) is 14.3 Å². The second-order valence-corrected chi connectivity index (χ2v) is 5.87. The summed E-state index contributed by atoms with van der Waals surface area (Å²) in [6.45, 7) is 0. The van der Waals surface area contributed by atoms with Crippen molar-refractivity contribution in [3.63, 3.8) is 0 Å². The molecule has 0 aliphatic carbocycles. The van der Waals surface area contributed by atoms with Crippen LogP contribution in [0, 0.1) is 0 Å². The minimum absolute atomic E-state index is 0.243. The van der Waals surface area contributed by atoms with E-state index in [1.165, 1.54) is 20.5 Å². The van der Waals surface area contributed by atoms with Crippen molar-refractivity contribution in [2.45, 2.75) is 0 Å². The first kappa shape index (κ1) is 18.5. The molecule has 0 radical (unpaired) electrons. The zero-order valence-corrected chi connectivity index (χ0v) is 15.5. The highest BCUT2D eigenvalue weighted by Crippen LogP contribution is 2.30. The molecule has 0 amide bonds. The fourth-order valence-corrected chi connectivity index (χ4v) is 2.57. The van der Waals surface area contributed by atoms with Crippen LogP contribution in [0.3, 0.4) is 0 Å². The Balaban J connectivity index is 1.90. The molecule has 0 unspecified atom stereocenters. The normalized spacial score (nSPS) is 11.1. The quantitative estimate of drug-likeness (QED) is 0.356. The van der Waals surface area contributed by atoms with Gasteiger partial charge in [0.2, 0.25) is 5.88 Å². The number of nitrogens with zero attached hydrogens (tertiary/aromatic N) is 2. The Morgan fingerprint density at radius 3 is 2.52 bits per heavy atom. The number of esters is 1. The van der Waals surface area contributed by atoms with Crippen LogP contribution >= 0.6 is 11.6 Å². The van der Waals surface area contributed by atoms with Crippen molar-refractivity contribution in [3.8, 4) is 17.3 Å². The molecule has 0 saturated heterocycles. The average Bonchev–Trinajstić information content (AvgIpc) is 3.15. The van der Waals surface area contributed by atoms with Gasteiger partial charge in [0.15, 0.2) is 0 Å². The number of carbonyl (C=O) groups is 1. The number of ether oxygens (including phenoxy) is 3. The van der Waals surface area contributed by atoms with E-state index < -0.39 is 5.97 Å². The summed E-state index contributed by atoms with van der Waals surface area (Å²) >= 11 is 5.91. The van der Waals surface area contributed by atoms with Crippen LogP contribution < -0.4 is 4.74 Å². The standard InChI is InChI=1S/C20H17ClN2O4/c1-25-13-17(20(24)26-2)16-5-3-4-6-18(16)27-19-11-12-23(22-19)15-9-7-14(21)8-10-15/h3-13H,1-2H3/b17-13+. The monoisotopic (exact) mass is 384 g/mol. The maximum atomic E-state index is 12.1. The molecule has 0 atom stereocenters. The van der Waals surface area contributed by atoms with Crippen molar-refractivity contribution >= 4 is 23.1 Å². The van der Waals surface area contributed by atoms with Crippen molar-refractivity contribution in [3.05, 3.63) is 77.6 Å². The third kappa shape index (κ3) is 4.30. The van der Waals surface area contributed by atoms with E-state index in [4.69, 9.17) is 25.8 Å². The summed E-state index contributed by atoms with van der Waals surface area (Å²) in [6.07, 6.45) is 3.09. The number of benzene rings is 2. The molecule has 1 heterocycles.